The maximum absolute atomic E-state index is 12.5. The van der Waals surface area contributed by atoms with Gasteiger partial charge in [0.05, 0.1) is 18.8 Å². The average molecular weight is 842 g/mol. The smallest absolute Gasteiger partial charge is 0.220 e. The van der Waals surface area contributed by atoms with Gasteiger partial charge >= 0.3 is 0 Å². The zero-order valence-corrected chi connectivity index (χ0v) is 40.7. The summed E-state index contributed by atoms with van der Waals surface area (Å²) in [6, 6.07) is -0.637. The second-order valence-corrected chi connectivity index (χ2v) is 18.6. The molecule has 2 unspecified atom stereocenters. The predicted octanol–water partition coefficient (Wildman–Crippen LogP) is 17.7. The summed E-state index contributed by atoms with van der Waals surface area (Å²) in [7, 11) is 0. The number of nitrogens with one attached hydrogen (secondary N) is 1. The number of carbonyl (C=O) groups is 1. The van der Waals surface area contributed by atoms with Gasteiger partial charge in [0.1, 0.15) is 0 Å². The molecule has 60 heavy (non-hydrogen) atoms. The SMILES string of the molecule is CCCCCCCCCC/C=C\CCCCCCCCCCCCCCCCCCCC(=O)NC(CO)C(O)/C=C/CC/C=C/CCCCCCCCCCCCCCC. The van der Waals surface area contributed by atoms with E-state index in [0.717, 1.165) is 32.1 Å². The van der Waals surface area contributed by atoms with Crippen molar-refractivity contribution in [3.63, 3.8) is 0 Å². The highest BCUT2D eigenvalue weighted by molar-refractivity contribution is 5.76. The zero-order valence-electron chi connectivity index (χ0n) is 40.7. The Labute approximate surface area is 376 Å². The van der Waals surface area contributed by atoms with Crippen molar-refractivity contribution in [2.24, 2.45) is 0 Å². The number of hydrogen-bond acceptors (Lipinski definition) is 3. The van der Waals surface area contributed by atoms with E-state index in [9.17, 15) is 15.0 Å². The Balaban J connectivity index is 3.49. The van der Waals surface area contributed by atoms with E-state index in [-0.39, 0.29) is 12.5 Å². The number of rotatable bonds is 50. The molecule has 0 fully saturated rings. The number of unbranched alkanes of at least 4 members (excludes halogenated alkanes) is 39. The lowest BCUT2D eigenvalue weighted by Crippen LogP contribution is -2.45. The molecule has 0 radical (unpaired) electrons. The van der Waals surface area contributed by atoms with Gasteiger partial charge in [-0.15, -0.1) is 0 Å². The van der Waals surface area contributed by atoms with Crippen molar-refractivity contribution in [2.75, 3.05) is 6.61 Å². The van der Waals surface area contributed by atoms with Crippen LogP contribution in [0.25, 0.3) is 0 Å². The highest BCUT2D eigenvalue weighted by atomic mass is 16.3. The first-order chi connectivity index (χ1) is 29.7. The summed E-state index contributed by atoms with van der Waals surface area (Å²) in [5, 5.41) is 23.1. The highest BCUT2D eigenvalue weighted by Crippen LogP contribution is 2.17. The Hall–Kier alpha value is -1.39. The van der Waals surface area contributed by atoms with Gasteiger partial charge in [0.25, 0.3) is 0 Å². The lowest BCUT2D eigenvalue weighted by atomic mass is 10.0. The third-order valence-corrected chi connectivity index (χ3v) is 12.6. The first-order valence-electron chi connectivity index (χ1n) is 27.2. The fraction of sp³-hybridized carbons (Fsp3) is 0.875. The van der Waals surface area contributed by atoms with Gasteiger partial charge in [-0.2, -0.15) is 0 Å². The third-order valence-electron chi connectivity index (χ3n) is 12.6. The molecule has 0 aliphatic rings. The van der Waals surface area contributed by atoms with E-state index in [1.165, 1.54) is 244 Å². The van der Waals surface area contributed by atoms with Crippen LogP contribution in [-0.2, 0) is 4.79 Å². The molecule has 0 aromatic heterocycles. The van der Waals surface area contributed by atoms with Gasteiger partial charge in [-0.05, 0) is 57.8 Å². The van der Waals surface area contributed by atoms with Crippen LogP contribution < -0.4 is 5.32 Å². The van der Waals surface area contributed by atoms with Crippen LogP contribution in [0.4, 0.5) is 0 Å². The molecule has 0 rings (SSSR count). The first-order valence-corrected chi connectivity index (χ1v) is 27.2. The molecular formula is C56H107NO3. The Morgan fingerprint density at radius 2 is 0.650 bits per heavy atom. The minimum atomic E-state index is -0.861. The molecule has 354 valence electrons. The van der Waals surface area contributed by atoms with Gasteiger partial charge in [-0.25, -0.2) is 0 Å². The van der Waals surface area contributed by atoms with Crippen molar-refractivity contribution in [1.29, 1.82) is 0 Å². The summed E-state index contributed by atoms with van der Waals surface area (Å²) in [5.74, 6) is -0.0692. The molecule has 0 bridgehead atoms. The summed E-state index contributed by atoms with van der Waals surface area (Å²) in [6.07, 6.45) is 70.2. The van der Waals surface area contributed by atoms with Crippen molar-refractivity contribution < 1.29 is 15.0 Å². The number of carbonyl (C=O) groups excluding carboxylic acids is 1. The van der Waals surface area contributed by atoms with E-state index in [2.05, 4.69) is 43.5 Å². The molecule has 0 saturated carbocycles. The summed E-state index contributed by atoms with van der Waals surface area (Å²) in [5.41, 5.74) is 0. The Morgan fingerprint density at radius 1 is 0.383 bits per heavy atom. The van der Waals surface area contributed by atoms with Crippen molar-refractivity contribution in [2.45, 2.75) is 309 Å². The van der Waals surface area contributed by atoms with Crippen LogP contribution in [0, 0.1) is 0 Å². The molecule has 1 amide bonds. The van der Waals surface area contributed by atoms with Crippen LogP contribution in [0.2, 0.25) is 0 Å². The minimum Gasteiger partial charge on any atom is -0.394 e. The highest BCUT2D eigenvalue weighted by Gasteiger charge is 2.18. The zero-order chi connectivity index (χ0) is 43.5. The van der Waals surface area contributed by atoms with Gasteiger partial charge in [-0.1, -0.05) is 269 Å². The van der Waals surface area contributed by atoms with Crippen LogP contribution in [0.3, 0.4) is 0 Å². The number of allylic oxidation sites excluding steroid dienone is 5. The van der Waals surface area contributed by atoms with Gasteiger partial charge in [0.15, 0.2) is 0 Å². The molecule has 2 atom stereocenters. The van der Waals surface area contributed by atoms with Crippen molar-refractivity contribution >= 4 is 5.91 Å². The molecule has 0 aliphatic heterocycles. The fourth-order valence-corrected chi connectivity index (χ4v) is 8.43. The maximum atomic E-state index is 12.5. The van der Waals surface area contributed by atoms with Crippen LogP contribution in [0.5, 0.6) is 0 Å². The molecule has 4 heteroatoms. The molecule has 0 aromatic carbocycles. The lowest BCUT2D eigenvalue weighted by molar-refractivity contribution is -0.123. The second-order valence-electron chi connectivity index (χ2n) is 18.6. The van der Waals surface area contributed by atoms with Crippen LogP contribution in [-0.4, -0.2) is 34.9 Å². The standard InChI is InChI=1S/C56H107NO3/c1-3-5-7-9-11-13-15-17-19-21-23-24-25-26-27-28-29-30-31-32-34-36-38-40-42-44-46-48-50-52-56(60)57-54(53-58)55(59)51-49-47-45-43-41-39-37-35-33-22-20-18-16-14-12-10-8-6-4-2/h21,23,41,43,49,51,54-55,58-59H,3-20,22,24-40,42,44-48,50,52-53H2,1-2H3,(H,57,60)/b23-21-,43-41+,51-49+. The molecule has 0 heterocycles. The molecule has 0 aromatic rings. The minimum absolute atomic E-state index is 0.0692. The summed E-state index contributed by atoms with van der Waals surface area (Å²) >= 11 is 0. The molecule has 0 saturated heterocycles. The lowest BCUT2D eigenvalue weighted by Gasteiger charge is -2.19. The van der Waals surface area contributed by atoms with Gasteiger partial charge in [0, 0.05) is 6.42 Å². The van der Waals surface area contributed by atoms with Crippen molar-refractivity contribution in [1.82, 2.24) is 5.32 Å². The number of hydrogen-bond donors (Lipinski definition) is 3. The predicted molar refractivity (Wildman–Crippen MR) is 267 cm³/mol. The van der Waals surface area contributed by atoms with Gasteiger partial charge in [-0.3, -0.25) is 4.79 Å². The van der Waals surface area contributed by atoms with Crippen molar-refractivity contribution in [3.05, 3.63) is 36.5 Å². The van der Waals surface area contributed by atoms with E-state index >= 15 is 0 Å². The quantitative estimate of drug-likeness (QED) is 0.0422. The summed E-state index contributed by atoms with van der Waals surface area (Å²) in [6.45, 7) is 4.32. The molecule has 0 aliphatic carbocycles. The van der Waals surface area contributed by atoms with E-state index in [1.807, 2.05) is 6.08 Å². The summed E-state index contributed by atoms with van der Waals surface area (Å²) in [4.78, 5) is 12.5. The topological polar surface area (TPSA) is 69.6 Å². The molecule has 0 spiro atoms. The largest absolute Gasteiger partial charge is 0.394 e. The van der Waals surface area contributed by atoms with Gasteiger partial charge in [0.2, 0.25) is 5.91 Å². The van der Waals surface area contributed by atoms with E-state index in [0.29, 0.717) is 6.42 Å². The Kier molecular flexibility index (Phi) is 50.8. The van der Waals surface area contributed by atoms with Crippen LogP contribution >= 0.6 is 0 Å². The average Bonchev–Trinajstić information content (AvgIpc) is 3.25. The fourth-order valence-electron chi connectivity index (χ4n) is 8.43. The Bertz CT molecular complexity index is 912. The van der Waals surface area contributed by atoms with E-state index in [4.69, 9.17) is 0 Å². The van der Waals surface area contributed by atoms with Crippen LogP contribution in [0.1, 0.15) is 296 Å². The number of aliphatic hydroxyl groups is 2. The monoisotopic (exact) mass is 842 g/mol. The maximum Gasteiger partial charge on any atom is 0.220 e. The van der Waals surface area contributed by atoms with Crippen molar-refractivity contribution in [3.8, 4) is 0 Å². The number of aliphatic hydroxyl groups excluding tert-OH is 2. The summed E-state index contributed by atoms with van der Waals surface area (Å²) < 4.78 is 0. The van der Waals surface area contributed by atoms with E-state index in [1.54, 1.807) is 6.08 Å². The first kappa shape index (κ1) is 58.6. The van der Waals surface area contributed by atoms with Gasteiger partial charge < -0.3 is 15.5 Å². The third kappa shape index (κ3) is 47.7. The Morgan fingerprint density at radius 3 is 0.967 bits per heavy atom. The van der Waals surface area contributed by atoms with E-state index < -0.39 is 12.1 Å². The molecular weight excluding hydrogens is 735 g/mol. The molecule has 3 N–H and O–H groups in total. The normalized spacial score (nSPS) is 13.1. The second kappa shape index (κ2) is 52.0. The number of amides is 1. The molecule has 4 nitrogen and oxygen atoms in total. The van der Waals surface area contributed by atoms with Crippen LogP contribution in [0.15, 0.2) is 36.5 Å².